The second-order valence-electron chi connectivity index (χ2n) is 4.96. The molecule has 1 aliphatic carbocycles. The summed E-state index contributed by atoms with van der Waals surface area (Å²) in [6.07, 6.45) is 8.65. The molecule has 2 unspecified atom stereocenters. The average molecular weight is 385 g/mol. The molecule has 108 valence electrons. The van der Waals surface area contributed by atoms with E-state index in [1.54, 1.807) is 0 Å². The van der Waals surface area contributed by atoms with Crippen molar-refractivity contribution in [2.24, 2.45) is 10.9 Å². The Labute approximate surface area is 133 Å². The standard InChI is InChI=1S/C13H27N3S.HI/c1-11-6-4-7-12(10-11)16-13(14-2)15-8-5-9-17-3;/h11-12H,4-10H2,1-3H3,(H2,14,15,16);1H. The van der Waals surface area contributed by atoms with Crippen molar-refractivity contribution in [1.29, 1.82) is 0 Å². The minimum atomic E-state index is 0. The number of hydrogen-bond donors (Lipinski definition) is 2. The summed E-state index contributed by atoms with van der Waals surface area (Å²) < 4.78 is 0. The highest BCUT2D eigenvalue weighted by Gasteiger charge is 2.19. The largest absolute Gasteiger partial charge is 0.356 e. The van der Waals surface area contributed by atoms with Gasteiger partial charge in [-0.2, -0.15) is 11.8 Å². The van der Waals surface area contributed by atoms with E-state index in [1.807, 2.05) is 18.8 Å². The number of nitrogens with zero attached hydrogens (tertiary/aromatic N) is 1. The molecule has 18 heavy (non-hydrogen) atoms. The van der Waals surface area contributed by atoms with Crippen LogP contribution in [0.4, 0.5) is 0 Å². The molecule has 1 rings (SSSR count). The van der Waals surface area contributed by atoms with Crippen LogP contribution in [-0.4, -0.2) is 37.6 Å². The third-order valence-corrected chi connectivity index (χ3v) is 4.02. The van der Waals surface area contributed by atoms with Gasteiger partial charge >= 0.3 is 0 Å². The van der Waals surface area contributed by atoms with Crippen molar-refractivity contribution in [3.05, 3.63) is 0 Å². The molecular formula is C13H28IN3S. The van der Waals surface area contributed by atoms with E-state index in [1.165, 1.54) is 37.9 Å². The zero-order chi connectivity index (χ0) is 12.5. The first-order valence-electron chi connectivity index (χ1n) is 6.72. The van der Waals surface area contributed by atoms with E-state index >= 15 is 0 Å². The lowest BCUT2D eigenvalue weighted by Gasteiger charge is -2.28. The Morgan fingerprint density at radius 2 is 2.17 bits per heavy atom. The first kappa shape index (κ1) is 18.4. The summed E-state index contributed by atoms with van der Waals surface area (Å²) >= 11 is 1.90. The van der Waals surface area contributed by atoms with Gasteiger partial charge in [0.1, 0.15) is 0 Å². The summed E-state index contributed by atoms with van der Waals surface area (Å²) in [5.41, 5.74) is 0. The third-order valence-electron chi connectivity index (χ3n) is 3.32. The Kier molecular flexibility index (Phi) is 11.4. The molecule has 1 saturated carbocycles. The van der Waals surface area contributed by atoms with Gasteiger partial charge in [0.05, 0.1) is 0 Å². The van der Waals surface area contributed by atoms with Gasteiger partial charge < -0.3 is 10.6 Å². The molecule has 2 atom stereocenters. The van der Waals surface area contributed by atoms with Crippen molar-refractivity contribution in [3.63, 3.8) is 0 Å². The molecule has 0 aromatic rings. The molecule has 0 amide bonds. The minimum Gasteiger partial charge on any atom is -0.356 e. The first-order valence-corrected chi connectivity index (χ1v) is 8.11. The fourth-order valence-electron chi connectivity index (χ4n) is 2.38. The SMILES string of the molecule is CN=C(NCCCSC)NC1CCCC(C)C1.I. The van der Waals surface area contributed by atoms with Crippen molar-refractivity contribution in [2.75, 3.05) is 25.6 Å². The van der Waals surface area contributed by atoms with E-state index in [-0.39, 0.29) is 24.0 Å². The first-order chi connectivity index (χ1) is 8.26. The molecule has 0 aromatic heterocycles. The fourth-order valence-corrected chi connectivity index (χ4v) is 2.81. The van der Waals surface area contributed by atoms with Crippen LogP contribution in [0.15, 0.2) is 4.99 Å². The molecule has 2 N–H and O–H groups in total. The lowest BCUT2D eigenvalue weighted by atomic mass is 9.87. The van der Waals surface area contributed by atoms with E-state index in [9.17, 15) is 0 Å². The summed E-state index contributed by atoms with van der Waals surface area (Å²) in [7, 11) is 1.86. The Bertz CT molecular complexity index is 236. The molecule has 1 fully saturated rings. The third kappa shape index (κ3) is 7.71. The number of aliphatic imine (C=N–C) groups is 1. The van der Waals surface area contributed by atoms with Crippen LogP contribution >= 0.6 is 35.7 Å². The lowest BCUT2D eigenvalue weighted by molar-refractivity contribution is 0.324. The Hall–Kier alpha value is 0.350. The van der Waals surface area contributed by atoms with E-state index in [4.69, 9.17) is 0 Å². The van der Waals surface area contributed by atoms with Gasteiger partial charge in [0, 0.05) is 19.6 Å². The van der Waals surface area contributed by atoms with Gasteiger partial charge in [-0.05, 0) is 37.2 Å². The van der Waals surface area contributed by atoms with Gasteiger partial charge in [0.15, 0.2) is 5.96 Å². The number of guanidine groups is 1. The van der Waals surface area contributed by atoms with Gasteiger partial charge in [0.2, 0.25) is 0 Å². The summed E-state index contributed by atoms with van der Waals surface area (Å²) in [6, 6.07) is 0.616. The zero-order valence-corrected chi connectivity index (χ0v) is 15.0. The van der Waals surface area contributed by atoms with Crippen molar-refractivity contribution >= 4 is 41.7 Å². The minimum absolute atomic E-state index is 0. The highest BCUT2D eigenvalue weighted by Crippen LogP contribution is 2.23. The second kappa shape index (κ2) is 11.2. The fraction of sp³-hybridized carbons (Fsp3) is 0.923. The topological polar surface area (TPSA) is 36.4 Å². The molecule has 0 aliphatic heterocycles. The van der Waals surface area contributed by atoms with Crippen LogP contribution in [0.5, 0.6) is 0 Å². The quantitative estimate of drug-likeness (QED) is 0.331. The molecule has 5 heteroatoms. The number of nitrogens with one attached hydrogen (secondary N) is 2. The Morgan fingerprint density at radius 1 is 1.39 bits per heavy atom. The molecule has 0 saturated heterocycles. The molecule has 3 nitrogen and oxygen atoms in total. The van der Waals surface area contributed by atoms with Gasteiger partial charge in [-0.3, -0.25) is 4.99 Å². The van der Waals surface area contributed by atoms with Crippen LogP contribution in [0.3, 0.4) is 0 Å². The summed E-state index contributed by atoms with van der Waals surface area (Å²) in [5.74, 6) is 3.05. The summed E-state index contributed by atoms with van der Waals surface area (Å²) in [5, 5.41) is 6.94. The molecular weight excluding hydrogens is 357 g/mol. The number of hydrogen-bond acceptors (Lipinski definition) is 2. The molecule has 0 radical (unpaired) electrons. The smallest absolute Gasteiger partial charge is 0.191 e. The second-order valence-corrected chi connectivity index (χ2v) is 5.94. The Balaban J connectivity index is 0.00000289. The monoisotopic (exact) mass is 385 g/mol. The van der Waals surface area contributed by atoms with Crippen molar-refractivity contribution < 1.29 is 0 Å². The van der Waals surface area contributed by atoms with E-state index in [2.05, 4.69) is 28.8 Å². The Morgan fingerprint density at radius 3 is 2.78 bits per heavy atom. The predicted molar refractivity (Wildman–Crippen MR) is 94.3 cm³/mol. The average Bonchev–Trinajstić information content (AvgIpc) is 2.33. The maximum atomic E-state index is 4.29. The highest BCUT2D eigenvalue weighted by molar-refractivity contribution is 14.0. The zero-order valence-electron chi connectivity index (χ0n) is 11.9. The van der Waals surface area contributed by atoms with Crippen LogP contribution in [0.1, 0.15) is 39.0 Å². The van der Waals surface area contributed by atoms with Crippen LogP contribution in [0.25, 0.3) is 0 Å². The van der Waals surface area contributed by atoms with Crippen molar-refractivity contribution in [2.45, 2.75) is 45.1 Å². The molecule has 0 heterocycles. The number of halogens is 1. The molecule has 0 spiro atoms. The summed E-state index contributed by atoms with van der Waals surface area (Å²) in [6.45, 7) is 3.37. The molecule has 0 aromatic carbocycles. The normalized spacial score (nSPS) is 24.3. The van der Waals surface area contributed by atoms with Gasteiger partial charge in [-0.25, -0.2) is 0 Å². The predicted octanol–water partition coefficient (Wildman–Crippen LogP) is 3.10. The van der Waals surface area contributed by atoms with E-state index in [0.717, 1.165) is 18.4 Å². The maximum absolute atomic E-state index is 4.29. The molecule has 0 bridgehead atoms. The number of rotatable bonds is 5. The van der Waals surface area contributed by atoms with Crippen LogP contribution in [0, 0.1) is 5.92 Å². The van der Waals surface area contributed by atoms with Crippen molar-refractivity contribution in [1.82, 2.24) is 10.6 Å². The molecule has 1 aliphatic rings. The number of thioether (sulfide) groups is 1. The van der Waals surface area contributed by atoms with Crippen LogP contribution in [0.2, 0.25) is 0 Å². The summed E-state index contributed by atoms with van der Waals surface area (Å²) in [4.78, 5) is 4.29. The van der Waals surface area contributed by atoms with Crippen LogP contribution in [-0.2, 0) is 0 Å². The highest BCUT2D eigenvalue weighted by atomic mass is 127. The van der Waals surface area contributed by atoms with Crippen LogP contribution < -0.4 is 10.6 Å². The maximum Gasteiger partial charge on any atom is 0.191 e. The van der Waals surface area contributed by atoms with E-state index < -0.39 is 0 Å². The van der Waals surface area contributed by atoms with Crippen molar-refractivity contribution in [3.8, 4) is 0 Å². The van der Waals surface area contributed by atoms with E-state index in [0.29, 0.717) is 6.04 Å². The lowest BCUT2D eigenvalue weighted by Crippen LogP contribution is -2.45. The van der Waals surface area contributed by atoms with Gasteiger partial charge in [0.25, 0.3) is 0 Å². The van der Waals surface area contributed by atoms with Gasteiger partial charge in [-0.1, -0.05) is 19.8 Å². The van der Waals surface area contributed by atoms with Gasteiger partial charge in [-0.15, -0.1) is 24.0 Å².